The molecule has 0 radical (unpaired) electrons. The van der Waals surface area contributed by atoms with Gasteiger partial charge in [0.15, 0.2) is 0 Å². The van der Waals surface area contributed by atoms with Crippen molar-refractivity contribution in [2.45, 2.75) is 0 Å². The molecular formula is C25H24N4O3. The zero-order chi connectivity index (χ0) is 22.1. The van der Waals surface area contributed by atoms with E-state index < -0.39 is 0 Å². The molecule has 3 heterocycles. The van der Waals surface area contributed by atoms with Crippen LogP contribution in [0, 0.1) is 0 Å². The van der Waals surface area contributed by atoms with Gasteiger partial charge in [-0.05, 0) is 41.0 Å². The van der Waals surface area contributed by atoms with Crippen molar-refractivity contribution in [3.05, 3.63) is 66.5 Å². The second-order valence-electron chi connectivity index (χ2n) is 7.83. The van der Waals surface area contributed by atoms with Crippen molar-refractivity contribution in [3.63, 3.8) is 0 Å². The Morgan fingerprint density at radius 2 is 1.84 bits per heavy atom. The topological polar surface area (TPSA) is 69.5 Å². The van der Waals surface area contributed by atoms with E-state index in [1.807, 2.05) is 54.7 Å². The maximum Gasteiger partial charge on any atom is 0.254 e. The van der Waals surface area contributed by atoms with Gasteiger partial charge in [0.2, 0.25) is 5.88 Å². The Balaban J connectivity index is 1.62. The maximum atomic E-state index is 13.1. The summed E-state index contributed by atoms with van der Waals surface area (Å²) in [5, 5.41) is 5.19. The van der Waals surface area contributed by atoms with Gasteiger partial charge in [-0.2, -0.15) is 5.10 Å². The molecular weight excluding hydrogens is 404 g/mol. The van der Waals surface area contributed by atoms with Crippen LogP contribution in [-0.4, -0.2) is 59.0 Å². The van der Waals surface area contributed by atoms with Crippen molar-refractivity contribution in [1.29, 1.82) is 0 Å². The zero-order valence-corrected chi connectivity index (χ0v) is 18.1. The molecule has 32 heavy (non-hydrogen) atoms. The van der Waals surface area contributed by atoms with E-state index in [0.29, 0.717) is 37.7 Å². The van der Waals surface area contributed by atoms with Gasteiger partial charge in [0.05, 0.1) is 32.0 Å². The first-order valence-electron chi connectivity index (χ1n) is 10.6. The maximum absolute atomic E-state index is 13.1. The molecule has 0 atom stereocenters. The third kappa shape index (κ3) is 3.83. The molecule has 4 aromatic rings. The lowest BCUT2D eigenvalue weighted by Crippen LogP contribution is -2.40. The van der Waals surface area contributed by atoms with E-state index in [4.69, 9.17) is 9.47 Å². The van der Waals surface area contributed by atoms with Crippen LogP contribution in [0.15, 0.2) is 60.9 Å². The van der Waals surface area contributed by atoms with E-state index in [0.717, 1.165) is 33.2 Å². The standard InChI is InChI=1S/C25H24N4O3/c1-28-16-20(15-26-28)17-4-3-5-18(12-17)21-14-24(31-2)27-23-7-6-19(13-22(21)23)25(30)29-8-10-32-11-9-29/h3-7,12-16H,8-11H2,1-2H3. The van der Waals surface area contributed by atoms with Crippen LogP contribution in [0.25, 0.3) is 33.2 Å². The molecule has 5 rings (SSSR count). The number of hydrogen-bond acceptors (Lipinski definition) is 5. The number of benzene rings is 2. The van der Waals surface area contributed by atoms with Gasteiger partial charge >= 0.3 is 0 Å². The van der Waals surface area contributed by atoms with Gasteiger partial charge in [-0.15, -0.1) is 0 Å². The molecule has 2 aromatic heterocycles. The minimum Gasteiger partial charge on any atom is -0.481 e. The summed E-state index contributed by atoms with van der Waals surface area (Å²) in [7, 11) is 3.52. The van der Waals surface area contributed by atoms with E-state index in [1.54, 1.807) is 11.8 Å². The molecule has 162 valence electrons. The number of carbonyl (C=O) groups excluding carboxylic acids is 1. The Hall–Kier alpha value is -3.71. The van der Waals surface area contributed by atoms with Crippen molar-refractivity contribution >= 4 is 16.8 Å². The molecule has 0 aliphatic carbocycles. The first kappa shape index (κ1) is 20.2. The summed E-state index contributed by atoms with van der Waals surface area (Å²) in [6.45, 7) is 2.37. The molecule has 0 saturated carbocycles. The lowest BCUT2D eigenvalue weighted by molar-refractivity contribution is 0.0303. The number of amides is 1. The van der Waals surface area contributed by atoms with E-state index in [-0.39, 0.29) is 5.91 Å². The number of morpholine rings is 1. The average molecular weight is 428 g/mol. The highest BCUT2D eigenvalue weighted by Crippen LogP contribution is 2.34. The zero-order valence-electron chi connectivity index (χ0n) is 18.1. The number of aryl methyl sites for hydroxylation is 1. The molecule has 0 N–H and O–H groups in total. The molecule has 2 aromatic carbocycles. The number of methoxy groups -OCH3 is 1. The Labute approximate surface area is 186 Å². The number of aromatic nitrogens is 3. The highest BCUT2D eigenvalue weighted by Gasteiger charge is 2.20. The highest BCUT2D eigenvalue weighted by molar-refractivity contribution is 6.02. The summed E-state index contributed by atoms with van der Waals surface area (Å²) >= 11 is 0. The fourth-order valence-electron chi connectivity index (χ4n) is 4.06. The number of rotatable bonds is 4. The fourth-order valence-corrected chi connectivity index (χ4v) is 4.06. The monoisotopic (exact) mass is 428 g/mol. The lowest BCUT2D eigenvalue weighted by Gasteiger charge is -2.27. The third-order valence-electron chi connectivity index (χ3n) is 5.75. The fraction of sp³-hybridized carbons (Fsp3) is 0.240. The van der Waals surface area contributed by atoms with Crippen LogP contribution in [-0.2, 0) is 11.8 Å². The Morgan fingerprint density at radius 3 is 2.59 bits per heavy atom. The summed E-state index contributed by atoms with van der Waals surface area (Å²) in [5.41, 5.74) is 5.53. The van der Waals surface area contributed by atoms with Gasteiger partial charge in [-0.1, -0.05) is 18.2 Å². The number of hydrogen-bond donors (Lipinski definition) is 0. The summed E-state index contributed by atoms with van der Waals surface area (Å²) in [6.07, 6.45) is 3.84. The summed E-state index contributed by atoms with van der Waals surface area (Å²) in [5.74, 6) is 0.549. The summed E-state index contributed by atoms with van der Waals surface area (Å²) < 4.78 is 12.6. The predicted octanol–water partition coefficient (Wildman–Crippen LogP) is 3.78. The first-order valence-corrected chi connectivity index (χ1v) is 10.6. The summed E-state index contributed by atoms with van der Waals surface area (Å²) in [6, 6.07) is 15.9. The number of fused-ring (bicyclic) bond motifs is 1. The second-order valence-corrected chi connectivity index (χ2v) is 7.83. The van der Waals surface area contributed by atoms with E-state index >= 15 is 0 Å². The normalized spacial score (nSPS) is 14.0. The van der Waals surface area contributed by atoms with Crippen molar-refractivity contribution in [3.8, 4) is 28.1 Å². The van der Waals surface area contributed by atoms with Crippen LogP contribution >= 0.6 is 0 Å². The van der Waals surface area contributed by atoms with Gasteiger partial charge in [0.1, 0.15) is 0 Å². The first-order chi connectivity index (χ1) is 15.6. The Kier molecular flexibility index (Phi) is 5.33. The van der Waals surface area contributed by atoms with Crippen LogP contribution in [0.3, 0.4) is 0 Å². The largest absolute Gasteiger partial charge is 0.481 e. The van der Waals surface area contributed by atoms with Crippen LogP contribution in [0.5, 0.6) is 5.88 Å². The van der Waals surface area contributed by atoms with Crippen LogP contribution in [0.1, 0.15) is 10.4 Å². The highest BCUT2D eigenvalue weighted by atomic mass is 16.5. The van der Waals surface area contributed by atoms with Crippen LogP contribution in [0.2, 0.25) is 0 Å². The van der Waals surface area contributed by atoms with Crippen molar-refractivity contribution in [2.75, 3.05) is 33.4 Å². The molecule has 1 fully saturated rings. The van der Waals surface area contributed by atoms with Gasteiger partial charge < -0.3 is 14.4 Å². The third-order valence-corrected chi connectivity index (χ3v) is 5.75. The second kappa shape index (κ2) is 8.43. The number of ether oxygens (including phenoxy) is 2. The minimum atomic E-state index is 0.0149. The lowest BCUT2D eigenvalue weighted by atomic mass is 9.96. The van der Waals surface area contributed by atoms with Crippen molar-refractivity contribution in [1.82, 2.24) is 19.7 Å². The molecule has 7 nitrogen and oxygen atoms in total. The van der Waals surface area contributed by atoms with Crippen LogP contribution in [0.4, 0.5) is 0 Å². The Morgan fingerprint density at radius 1 is 1.03 bits per heavy atom. The molecule has 7 heteroatoms. The minimum absolute atomic E-state index is 0.0149. The number of carbonyl (C=O) groups is 1. The van der Waals surface area contributed by atoms with Gasteiger partial charge in [-0.3, -0.25) is 9.48 Å². The quantitative estimate of drug-likeness (QED) is 0.495. The molecule has 0 spiro atoms. The van der Waals surface area contributed by atoms with Gasteiger partial charge in [0, 0.05) is 48.9 Å². The smallest absolute Gasteiger partial charge is 0.254 e. The molecule has 1 saturated heterocycles. The van der Waals surface area contributed by atoms with Gasteiger partial charge in [-0.25, -0.2) is 4.98 Å². The summed E-state index contributed by atoms with van der Waals surface area (Å²) in [4.78, 5) is 19.5. The number of pyridine rings is 1. The molecule has 1 aliphatic heterocycles. The predicted molar refractivity (Wildman–Crippen MR) is 123 cm³/mol. The molecule has 1 amide bonds. The van der Waals surface area contributed by atoms with E-state index in [2.05, 4.69) is 28.3 Å². The van der Waals surface area contributed by atoms with Crippen molar-refractivity contribution in [2.24, 2.45) is 7.05 Å². The average Bonchev–Trinajstić information content (AvgIpc) is 3.29. The van der Waals surface area contributed by atoms with Crippen LogP contribution < -0.4 is 4.74 Å². The molecule has 0 bridgehead atoms. The van der Waals surface area contributed by atoms with E-state index in [9.17, 15) is 4.79 Å². The molecule has 0 unspecified atom stereocenters. The van der Waals surface area contributed by atoms with Gasteiger partial charge in [0.25, 0.3) is 5.91 Å². The molecule has 1 aliphatic rings. The van der Waals surface area contributed by atoms with Crippen molar-refractivity contribution < 1.29 is 14.3 Å². The Bertz CT molecular complexity index is 1290. The SMILES string of the molecule is COc1cc(-c2cccc(-c3cnn(C)c3)c2)c2cc(C(=O)N3CCOCC3)ccc2n1. The number of nitrogens with zero attached hydrogens (tertiary/aromatic N) is 4. The van der Waals surface area contributed by atoms with E-state index in [1.165, 1.54) is 0 Å².